The molecular formula is C6H9NaO4. The van der Waals surface area contributed by atoms with Gasteiger partial charge in [-0.3, -0.25) is 0 Å². The summed E-state index contributed by atoms with van der Waals surface area (Å²) in [5.74, 6) is -1.96. The van der Waals surface area contributed by atoms with Crippen molar-refractivity contribution in [3.05, 3.63) is 25.3 Å². The Hall–Kier alpha value is -0.580. The summed E-state index contributed by atoms with van der Waals surface area (Å²) >= 11 is 0. The fourth-order valence-electron chi connectivity index (χ4n) is 0. The van der Waals surface area contributed by atoms with Crippen LogP contribution in [0.1, 0.15) is 1.43 Å². The van der Waals surface area contributed by atoms with E-state index in [4.69, 9.17) is 10.2 Å². The van der Waals surface area contributed by atoms with E-state index in [0.29, 0.717) is 0 Å². The zero-order chi connectivity index (χ0) is 8.57. The molecule has 0 saturated carbocycles. The van der Waals surface area contributed by atoms with Crippen LogP contribution >= 0.6 is 0 Å². The van der Waals surface area contributed by atoms with E-state index in [9.17, 15) is 9.59 Å². The molecule has 0 fully saturated rings. The van der Waals surface area contributed by atoms with Gasteiger partial charge in [-0.1, -0.05) is 13.2 Å². The minimum Gasteiger partial charge on any atom is -1.00 e. The van der Waals surface area contributed by atoms with E-state index in [1.165, 1.54) is 0 Å². The van der Waals surface area contributed by atoms with Crippen molar-refractivity contribution >= 4 is 11.9 Å². The average Bonchev–Trinajstić information content (AvgIpc) is 1.89. The van der Waals surface area contributed by atoms with Crippen molar-refractivity contribution in [1.29, 1.82) is 0 Å². The predicted molar refractivity (Wildman–Crippen MR) is 36.8 cm³/mol. The Morgan fingerprint density at radius 2 is 1.18 bits per heavy atom. The molecule has 0 heterocycles. The minimum atomic E-state index is -0.981. The van der Waals surface area contributed by atoms with E-state index in [1.807, 2.05) is 0 Å². The molecule has 0 aromatic carbocycles. The van der Waals surface area contributed by atoms with Gasteiger partial charge < -0.3 is 11.6 Å². The van der Waals surface area contributed by atoms with E-state index >= 15 is 0 Å². The number of hydrogen-bond acceptors (Lipinski definition) is 2. The fourth-order valence-corrected chi connectivity index (χ4v) is 0. The first-order valence-electron chi connectivity index (χ1n) is 2.25. The Balaban J connectivity index is -0.0000000457. The molecule has 0 aliphatic rings. The molecule has 0 radical (unpaired) electrons. The molecule has 58 valence electrons. The number of aliphatic carboxylic acids is 2. The van der Waals surface area contributed by atoms with Crippen LogP contribution in [0.25, 0.3) is 0 Å². The van der Waals surface area contributed by atoms with Gasteiger partial charge in [0.2, 0.25) is 0 Å². The zero-order valence-corrected chi connectivity index (χ0v) is 8.28. The first kappa shape index (κ1) is 16.8. The first-order chi connectivity index (χ1) is 4.54. The van der Waals surface area contributed by atoms with Crippen molar-refractivity contribution in [1.82, 2.24) is 0 Å². The van der Waals surface area contributed by atoms with Gasteiger partial charge in [-0.05, 0) is 0 Å². The maximum atomic E-state index is 9.25. The molecule has 0 aromatic heterocycles. The normalized spacial score (nSPS) is 5.82. The molecule has 0 unspecified atom stereocenters. The van der Waals surface area contributed by atoms with E-state index in [0.717, 1.165) is 12.2 Å². The van der Waals surface area contributed by atoms with Gasteiger partial charge in [0, 0.05) is 12.2 Å². The number of hydrogen-bond donors (Lipinski definition) is 2. The minimum absolute atomic E-state index is 0. The second-order valence-electron chi connectivity index (χ2n) is 1.08. The molecule has 0 bridgehead atoms. The largest absolute Gasteiger partial charge is 1.00 e. The van der Waals surface area contributed by atoms with Crippen LogP contribution in [0, 0.1) is 0 Å². The molecule has 0 spiro atoms. The van der Waals surface area contributed by atoms with Crippen LogP contribution < -0.4 is 29.6 Å². The van der Waals surface area contributed by atoms with Crippen LogP contribution in [0.3, 0.4) is 0 Å². The van der Waals surface area contributed by atoms with Crippen molar-refractivity contribution in [3.8, 4) is 0 Å². The predicted octanol–water partition coefficient (Wildman–Crippen LogP) is -2.37. The van der Waals surface area contributed by atoms with Gasteiger partial charge in [-0.2, -0.15) is 0 Å². The van der Waals surface area contributed by atoms with Gasteiger partial charge in [-0.25, -0.2) is 9.59 Å². The van der Waals surface area contributed by atoms with Crippen molar-refractivity contribution < 1.29 is 50.8 Å². The van der Waals surface area contributed by atoms with Crippen LogP contribution in [-0.4, -0.2) is 22.2 Å². The van der Waals surface area contributed by atoms with Crippen molar-refractivity contribution in [3.63, 3.8) is 0 Å². The second-order valence-corrected chi connectivity index (χ2v) is 1.08. The number of carboxylic acids is 2. The molecule has 0 rings (SSSR count). The zero-order valence-electron chi connectivity index (χ0n) is 7.28. The Bertz CT molecular complexity index is 140. The molecule has 11 heavy (non-hydrogen) atoms. The van der Waals surface area contributed by atoms with Gasteiger partial charge in [-0.15, -0.1) is 0 Å². The van der Waals surface area contributed by atoms with Crippen molar-refractivity contribution in [2.45, 2.75) is 0 Å². The van der Waals surface area contributed by atoms with Gasteiger partial charge >= 0.3 is 41.5 Å². The molecule has 0 aliphatic carbocycles. The van der Waals surface area contributed by atoms with E-state index in [-0.39, 0.29) is 31.0 Å². The number of carboxylic acid groups (broad SMARTS) is 2. The summed E-state index contributed by atoms with van der Waals surface area (Å²) in [6, 6.07) is 0. The summed E-state index contributed by atoms with van der Waals surface area (Å²) in [4.78, 5) is 18.5. The van der Waals surface area contributed by atoms with Gasteiger partial charge in [0.15, 0.2) is 0 Å². The Labute approximate surface area is 88.0 Å². The third-order valence-corrected chi connectivity index (χ3v) is 0.349. The van der Waals surface area contributed by atoms with Crippen LogP contribution in [-0.2, 0) is 9.59 Å². The van der Waals surface area contributed by atoms with Crippen LogP contribution in [0.5, 0.6) is 0 Å². The molecule has 0 aromatic rings. The van der Waals surface area contributed by atoms with Crippen molar-refractivity contribution in [2.75, 3.05) is 0 Å². The van der Waals surface area contributed by atoms with Crippen molar-refractivity contribution in [2.24, 2.45) is 0 Å². The monoisotopic (exact) mass is 168 g/mol. The topological polar surface area (TPSA) is 74.6 Å². The standard InChI is InChI=1S/2C3H4O2.Na.H/c2*1-2-3(4)5;;/h2*2H,1H2,(H,4,5);;/q;;+1;-1. The summed E-state index contributed by atoms with van der Waals surface area (Å²) in [6.45, 7) is 5.92. The maximum Gasteiger partial charge on any atom is 1.00 e. The van der Waals surface area contributed by atoms with Gasteiger partial charge in [0.05, 0.1) is 0 Å². The Kier molecular flexibility index (Phi) is 18.5. The Morgan fingerprint density at radius 1 is 1.09 bits per heavy atom. The van der Waals surface area contributed by atoms with E-state index in [1.54, 1.807) is 0 Å². The Morgan fingerprint density at radius 3 is 1.18 bits per heavy atom. The van der Waals surface area contributed by atoms with Crippen LogP contribution in [0.4, 0.5) is 0 Å². The summed E-state index contributed by atoms with van der Waals surface area (Å²) in [6.07, 6.45) is 1.67. The molecule has 0 aliphatic heterocycles. The van der Waals surface area contributed by atoms with Crippen LogP contribution in [0.15, 0.2) is 25.3 Å². The first-order valence-corrected chi connectivity index (χ1v) is 2.25. The molecule has 0 atom stereocenters. The van der Waals surface area contributed by atoms with E-state index < -0.39 is 11.9 Å². The smallest absolute Gasteiger partial charge is 1.00 e. The quantitative estimate of drug-likeness (QED) is 0.357. The molecule has 0 amide bonds. The molecule has 0 saturated heterocycles. The summed E-state index contributed by atoms with van der Waals surface area (Å²) in [5, 5.41) is 15.2. The number of carbonyl (C=O) groups is 2. The third-order valence-electron chi connectivity index (χ3n) is 0.349. The second kappa shape index (κ2) is 12.1. The van der Waals surface area contributed by atoms with Crippen LogP contribution in [0.2, 0.25) is 0 Å². The average molecular weight is 168 g/mol. The number of rotatable bonds is 2. The maximum absolute atomic E-state index is 9.25. The summed E-state index contributed by atoms with van der Waals surface area (Å²) in [7, 11) is 0. The third kappa shape index (κ3) is 44.3. The molecule has 4 nitrogen and oxygen atoms in total. The SMILES string of the molecule is C=CC(=O)O.C=CC(=O)O.[H-].[Na+]. The van der Waals surface area contributed by atoms with Gasteiger partial charge in [0.1, 0.15) is 0 Å². The van der Waals surface area contributed by atoms with Gasteiger partial charge in [0.25, 0.3) is 0 Å². The van der Waals surface area contributed by atoms with E-state index in [2.05, 4.69) is 13.2 Å². The summed E-state index contributed by atoms with van der Waals surface area (Å²) < 4.78 is 0. The molecule has 2 N–H and O–H groups in total. The summed E-state index contributed by atoms with van der Waals surface area (Å²) in [5.41, 5.74) is 0. The fraction of sp³-hybridized carbons (Fsp3) is 0. The molecular weight excluding hydrogens is 159 g/mol. The molecule has 5 heteroatoms.